The Bertz CT molecular complexity index is 392. The van der Waals surface area contributed by atoms with Crippen molar-refractivity contribution in [2.45, 2.75) is 20.4 Å². The van der Waals surface area contributed by atoms with Crippen molar-refractivity contribution in [3.8, 4) is 11.5 Å². The molecule has 4 nitrogen and oxygen atoms in total. The van der Waals surface area contributed by atoms with Crippen molar-refractivity contribution < 1.29 is 9.47 Å². The summed E-state index contributed by atoms with van der Waals surface area (Å²) in [4.78, 5) is 2.11. The molecule has 0 unspecified atom stereocenters. The van der Waals surface area contributed by atoms with Crippen LogP contribution in [0.2, 0.25) is 0 Å². The number of nitrogens with one attached hydrogen (secondary N) is 1. The second kappa shape index (κ2) is 8.82. The fraction of sp³-hybridized carbons (Fsp3) is 0.625. The van der Waals surface area contributed by atoms with E-state index >= 15 is 0 Å². The zero-order chi connectivity index (χ0) is 15.0. The van der Waals surface area contributed by atoms with E-state index in [0.29, 0.717) is 12.5 Å². The second-order valence-corrected chi connectivity index (χ2v) is 5.65. The van der Waals surface area contributed by atoms with E-state index in [2.05, 4.69) is 24.1 Å². The molecular formula is C16H28N2O2. The maximum atomic E-state index is 5.87. The van der Waals surface area contributed by atoms with Gasteiger partial charge < -0.3 is 19.7 Å². The van der Waals surface area contributed by atoms with E-state index in [-0.39, 0.29) is 0 Å². The lowest BCUT2D eigenvalue weighted by molar-refractivity contribution is 0.258. The van der Waals surface area contributed by atoms with E-state index in [1.807, 2.05) is 32.3 Å². The molecule has 0 heterocycles. The van der Waals surface area contributed by atoms with Gasteiger partial charge in [0, 0.05) is 18.7 Å². The first-order chi connectivity index (χ1) is 9.52. The van der Waals surface area contributed by atoms with Crippen molar-refractivity contribution in [2.75, 3.05) is 40.9 Å². The van der Waals surface area contributed by atoms with Crippen LogP contribution in [0.4, 0.5) is 0 Å². The number of benzene rings is 1. The summed E-state index contributed by atoms with van der Waals surface area (Å²) in [6.45, 7) is 7.79. The maximum absolute atomic E-state index is 5.87. The predicted octanol–water partition coefficient (Wildman–Crippen LogP) is 2.38. The van der Waals surface area contributed by atoms with Gasteiger partial charge >= 0.3 is 0 Å². The molecule has 0 aliphatic heterocycles. The highest BCUT2D eigenvalue weighted by atomic mass is 16.5. The first-order valence-corrected chi connectivity index (χ1v) is 7.18. The Balaban J connectivity index is 2.65. The Morgan fingerprint density at radius 1 is 1.25 bits per heavy atom. The fourth-order valence-corrected chi connectivity index (χ4v) is 1.80. The molecule has 1 rings (SSSR count). The van der Waals surface area contributed by atoms with Gasteiger partial charge in [0.1, 0.15) is 18.1 Å². The molecule has 1 N–H and O–H groups in total. The molecule has 0 fully saturated rings. The molecule has 1 aromatic rings. The Hall–Kier alpha value is -1.26. The molecule has 0 radical (unpaired) electrons. The van der Waals surface area contributed by atoms with Gasteiger partial charge in [-0.2, -0.15) is 0 Å². The second-order valence-electron chi connectivity index (χ2n) is 5.65. The zero-order valence-electron chi connectivity index (χ0n) is 13.4. The maximum Gasteiger partial charge on any atom is 0.124 e. The van der Waals surface area contributed by atoms with Gasteiger partial charge in [-0.3, -0.25) is 0 Å². The van der Waals surface area contributed by atoms with Crippen LogP contribution in [0.5, 0.6) is 11.5 Å². The molecule has 0 amide bonds. The summed E-state index contributed by atoms with van der Waals surface area (Å²) in [6, 6.07) is 5.97. The van der Waals surface area contributed by atoms with Crippen LogP contribution in [-0.4, -0.2) is 45.8 Å². The van der Waals surface area contributed by atoms with Crippen molar-refractivity contribution in [3.63, 3.8) is 0 Å². The SMILES string of the molecule is COc1ccc(OCCN(C)C)c(CNCC(C)C)c1. The highest BCUT2D eigenvalue weighted by Gasteiger charge is 2.06. The molecule has 0 saturated carbocycles. The molecule has 0 aliphatic carbocycles. The van der Waals surface area contributed by atoms with E-state index in [4.69, 9.17) is 9.47 Å². The quantitative estimate of drug-likeness (QED) is 0.753. The Morgan fingerprint density at radius 2 is 2.00 bits per heavy atom. The predicted molar refractivity (Wildman–Crippen MR) is 83.6 cm³/mol. The fourth-order valence-electron chi connectivity index (χ4n) is 1.80. The van der Waals surface area contributed by atoms with Crippen LogP contribution in [0.3, 0.4) is 0 Å². The summed E-state index contributed by atoms with van der Waals surface area (Å²) >= 11 is 0. The van der Waals surface area contributed by atoms with Gasteiger partial charge in [0.15, 0.2) is 0 Å². The minimum atomic E-state index is 0.638. The molecule has 0 saturated heterocycles. The molecule has 0 aliphatic rings. The number of hydrogen-bond donors (Lipinski definition) is 1. The summed E-state index contributed by atoms with van der Waals surface area (Å²) < 4.78 is 11.2. The van der Waals surface area contributed by atoms with Gasteiger partial charge in [-0.05, 0) is 44.8 Å². The molecule has 20 heavy (non-hydrogen) atoms. The third-order valence-electron chi connectivity index (χ3n) is 2.93. The topological polar surface area (TPSA) is 33.7 Å². The van der Waals surface area contributed by atoms with Crippen molar-refractivity contribution in [2.24, 2.45) is 5.92 Å². The van der Waals surface area contributed by atoms with Gasteiger partial charge in [-0.25, -0.2) is 0 Å². The summed E-state index contributed by atoms with van der Waals surface area (Å²) in [5.74, 6) is 2.44. The first kappa shape index (κ1) is 16.8. The van der Waals surface area contributed by atoms with Crippen LogP contribution in [0, 0.1) is 5.92 Å². The van der Waals surface area contributed by atoms with Crippen LogP contribution in [0.1, 0.15) is 19.4 Å². The number of hydrogen-bond acceptors (Lipinski definition) is 4. The summed E-state index contributed by atoms with van der Waals surface area (Å²) in [5, 5.41) is 3.45. The van der Waals surface area contributed by atoms with E-state index < -0.39 is 0 Å². The number of rotatable bonds is 9. The number of ether oxygens (including phenoxy) is 2. The number of nitrogens with zero attached hydrogens (tertiary/aromatic N) is 1. The van der Waals surface area contributed by atoms with Crippen LogP contribution in [-0.2, 0) is 6.54 Å². The summed E-state index contributed by atoms with van der Waals surface area (Å²) in [6.07, 6.45) is 0. The molecule has 114 valence electrons. The van der Waals surface area contributed by atoms with Crippen molar-refractivity contribution in [1.29, 1.82) is 0 Å². The average molecular weight is 280 g/mol. The van der Waals surface area contributed by atoms with Crippen molar-refractivity contribution in [1.82, 2.24) is 10.2 Å². The van der Waals surface area contributed by atoms with Crippen LogP contribution in [0.15, 0.2) is 18.2 Å². The largest absolute Gasteiger partial charge is 0.497 e. The Morgan fingerprint density at radius 3 is 2.60 bits per heavy atom. The molecule has 0 atom stereocenters. The van der Waals surface area contributed by atoms with Gasteiger partial charge in [-0.1, -0.05) is 13.8 Å². The molecule has 1 aromatic carbocycles. The molecular weight excluding hydrogens is 252 g/mol. The van der Waals surface area contributed by atoms with Crippen LogP contribution in [0.25, 0.3) is 0 Å². The highest BCUT2D eigenvalue weighted by Crippen LogP contribution is 2.24. The smallest absolute Gasteiger partial charge is 0.124 e. The van der Waals surface area contributed by atoms with Crippen LogP contribution < -0.4 is 14.8 Å². The Labute approximate surface area is 123 Å². The van der Waals surface area contributed by atoms with E-state index in [1.54, 1.807) is 7.11 Å². The van der Waals surface area contributed by atoms with Crippen LogP contribution >= 0.6 is 0 Å². The number of methoxy groups -OCH3 is 1. The van der Waals surface area contributed by atoms with E-state index in [9.17, 15) is 0 Å². The van der Waals surface area contributed by atoms with Crippen molar-refractivity contribution in [3.05, 3.63) is 23.8 Å². The monoisotopic (exact) mass is 280 g/mol. The zero-order valence-corrected chi connectivity index (χ0v) is 13.4. The lowest BCUT2D eigenvalue weighted by Crippen LogP contribution is -2.21. The molecule has 0 spiro atoms. The summed E-state index contributed by atoms with van der Waals surface area (Å²) in [7, 11) is 5.78. The van der Waals surface area contributed by atoms with Gasteiger partial charge in [0.05, 0.1) is 7.11 Å². The highest BCUT2D eigenvalue weighted by molar-refractivity contribution is 5.40. The molecule has 0 bridgehead atoms. The summed E-state index contributed by atoms with van der Waals surface area (Å²) in [5.41, 5.74) is 1.14. The molecule has 0 aromatic heterocycles. The van der Waals surface area contributed by atoms with Gasteiger partial charge in [0.25, 0.3) is 0 Å². The van der Waals surface area contributed by atoms with E-state index in [1.165, 1.54) is 0 Å². The number of likely N-dealkylation sites (N-methyl/N-ethyl adjacent to an activating group) is 1. The third kappa shape index (κ3) is 6.26. The first-order valence-electron chi connectivity index (χ1n) is 7.18. The third-order valence-corrected chi connectivity index (χ3v) is 2.93. The minimum Gasteiger partial charge on any atom is -0.497 e. The minimum absolute atomic E-state index is 0.638. The average Bonchev–Trinajstić information content (AvgIpc) is 2.39. The Kier molecular flexibility index (Phi) is 7.41. The van der Waals surface area contributed by atoms with E-state index in [0.717, 1.165) is 36.7 Å². The van der Waals surface area contributed by atoms with Crippen molar-refractivity contribution >= 4 is 0 Å². The lowest BCUT2D eigenvalue weighted by Gasteiger charge is -2.16. The van der Waals surface area contributed by atoms with Gasteiger partial charge in [-0.15, -0.1) is 0 Å². The lowest BCUT2D eigenvalue weighted by atomic mass is 10.1. The normalized spacial score (nSPS) is 11.2. The molecule has 4 heteroatoms. The van der Waals surface area contributed by atoms with Gasteiger partial charge in [0.2, 0.25) is 0 Å². The standard InChI is InChI=1S/C16H28N2O2/c1-13(2)11-17-12-14-10-15(19-5)6-7-16(14)20-9-8-18(3)4/h6-7,10,13,17H,8-9,11-12H2,1-5H3.